The first-order valence-electron chi connectivity index (χ1n) is 7.17. The molecule has 0 aliphatic carbocycles. The fourth-order valence-electron chi connectivity index (χ4n) is 1.90. The molecule has 0 bridgehead atoms. The Bertz CT molecular complexity index is 373. The molecule has 0 N–H and O–H groups in total. The summed E-state index contributed by atoms with van der Waals surface area (Å²) in [5.41, 5.74) is 1.12. The summed E-state index contributed by atoms with van der Waals surface area (Å²) in [4.78, 5) is 21.4. The van der Waals surface area contributed by atoms with Crippen molar-refractivity contribution in [3.8, 4) is 0 Å². The van der Waals surface area contributed by atoms with E-state index in [1.807, 2.05) is 0 Å². The van der Waals surface area contributed by atoms with Gasteiger partial charge in [-0.05, 0) is 18.4 Å². The van der Waals surface area contributed by atoms with E-state index in [4.69, 9.17) is 0 Å². The van der Waals surface area contributed by atoms with Crippen LogP contribution in [0.4, 0.5) is 0 Å². The minimum absolute atomic E-state index is 0.147. The summed E-state index contributed by atoms with van der Waals surface area (Å²) >= 11 is 0. The van der Waals surface area contributed by atoms with Crippen LogP contribution in [0.2, 0.25) is 0 Å². The molecule has 0 fully saturated rings. The summed E-state index contributed by atoms with van der Waals surface area (Å²) in [6.07, 6.45) is 12.3. The maximum Gasteiger partial charge on any atom is 0.291 e. The Morgan fingerprint density at radius 2 is 1.63 bits per heavy atom. The zero-order valence-corrected chi connectivity index (χ0v) is 12.4. The van der Waals surface area contributed by atoms with Crippen LogP contribution in [0.25, 0.3) is 0 Å². The number of carbonyl (C=O) groups is 1. The van der Waals surface area contributed by atoms with Crippen LogP contribution in [0.15, 0.2) is 12.4 Å². The average Bonchev–Trinajstić information content (AvgIpc) is 2.42. The lowest BCUT2D eigenvalue weighted by Crippen LogP contribution is -2.23. The van der Waals surface area contributed by atoms with Crippen molar-refractivity contribution in [2.45, 2.75) is 51.9 Å². The Morgan fingerprint density at radius 1 is 1.05 bits per heavy atom. The SMILES string of the molecule is CCCCCCCCc1cnc(C(=O)N(C)C)nc1. The van der Waals surface area contributed by atoms with Crippen molar-refractivity contribution in [1.29, 1.82) is 0 Å². The molecular weight excluding hydrogens is 238 g/mol. The minimum atomic E-state index is -0.147. The fraction of sp³-hybridized carbons (Fsp3) is 0.667. The summed E-state index contributed by atoms with van der Waals surface area (Å²) in [5.74, 6) is 0.128. The maximum atomic E-state index is 11.6. The highest BCUT2D eigenvalue weighted by atomic mass is 16.2. The fourth-order valence-corrected chi connectivity index (χ4v) is 1.90. The quantitative estimate of drug-likeness (QED) is 0.677. The first-order chi connectivity index (χ1) is 9.15. The number of carbonyl (C=O) groups excluding carboxylic acids is 1. The molecular formula is C15H25N3O. The van der Waals surface area contributed by atoms with Gasteiger partial charge in [0.1, 0.15) is 0 Å². The summed E-state index contributed by atoms with van der Waals surface area (Å²) in [7, 11) is 3.41. The van der Waals surface area contributed by atoms with E-state index in [1.54, 1.807) is 26.5 Å². The second-order valence-electron chi connectivity index (χ2n) is 5.13. The number of nitrogens with zero attached hydrogens (tertiary/aromatic N) is 3. The van der Waals surface area contributed by atoms with E-state index >= 15 is 0 Å². The third kappa shape index (κ3) is 5.81. The van der Waals surface area contributed by atoms with Gasteiger partial charge in [0.25, 0.3) is 5.91 Å². The van der Waals surface area contributed by atoms with E-state index < -0.39 is 0 Å². The monoisotopic (exact) mass is 263 g/mol. The van der Waals surface area contributed by atoms with Gasteiger partial charge in [0, 0.05) is 26.5 Å². The standard InChI is InChI=1S/C15H25N3O/c1-4-5-6-7-8-9-10-13-11-16-14(17-12-13)15(19)18(2)3/h11-12H,4-10H2,1-3H3. The molecule has 0 aliphatic heterocycles. The van der Waals surface area contributed by atoms with Crippen molar-refractivity contribution in [1.82, 2.24) is 14.9 Å². The van der Waals surface area contributed by atoms with Crippen LogP contribution in [0.3, 0.4) is 0 Å². The van der Waals surface area contributed by atoms with Crippen LogP contribution >= 0.6 is 0 Å². The van der Waals surface area contributed by atoms with Gasteiger partial charge in [-0.25, -0.2) is 9.97 Å². The minimum Gasteiger partial charge on any atom is -0.342 e. The lowest BCUT2D eigenvalue weighted by Gasteiger charge is -2.08. The van der Waals surface area contributed by atoms with E-state index in [9.17, 15) is 4.79 Å². The number of aromatic nitrogens is 2. The van der Waals surface area contributed by atoms with E-state index in [0.29, 0.717) is 0 Å². The lowest BCUT2D eigenvalue weighted by atomic mass is 10.1. The molecule has 1 aromatic rings. The topological polar surface area (TPSA) is 46.1 Å². The summed E-state index contributed by atoms with van der Waals surface area (Å²) < 4.78 is 0. The van der Waals surface area contributed by atoms with Crippen LogP contribution in [-0.4, -0.2) is 34.9 Å². The molecule has 1 heterocycles. The van der Waals surface area contributed by atoms with E-state index in [2.05, 4.69) is 16.9 Å². The number of amides is 1. The van der Waals surface area contributed by atoms with Gasteiger partial charge in [0.15, 0.2) is 0 Å². The highest BCUT2D eigenvalue weighted by molar-refractivity contribution is 5.89. The number of rotatable bonds is 8. The van der Waals surface area contributed by atoms with Gasteiger partial charge in [0.05, 0.1) is 0 Å². The first kappa shape index (κ1) is 15.6. The van der Waals surface area contributed by atoms with Crippen molar-refractivity contribution in [3.63, 3.8) is 0 Å². The van der Waals surface area contributed by atoms with Gasteiger partial charge in [-0.15, -0.1) is 0 Å². The summed E-state index contributed by atoms with van der Waals surface area (Å²) in [6.45, 7) is 2.23. The summed E-state index contributed by atoms with van der Waals surface area (Å²) in [5, 5.41) is 0. The van der Waals surface area contributed by atoms with Crippen LogP contribution < -0.4 is 0 Å². The molecule has 1 aromatic heterocycles. The van der Waals surface area contributed by atoms with Gasteiger partial charge >= 0.3 is 0 Å². The van der Waals surface area contributed by atoms with E-state index in [1.165, 1.54) is 43.4 Å². The largest absolute Gasteiger partial charge is 0.342 e. The molecule has 0 aliphatic rings. The Morgan fingerprint density at radius 3 is 2.21 bits per heavy atom. The van der Waals surface area contributed by atoms with Crippen molar-refractivity contribution in [2.75, 3.05) is 14.1 Å². The van der Waals surface area contributed by atoms with Gasteiger partial charge in [-0.2, -0.15) is 0 Å². The second kappa shape index (κ2) is 8.62. The molecule has 0 saturated heterocycles. The molecule has 4 heteroatoms. The molecule has 0 radical (unpaired) electrons. The van der Waals surface area contributed by atoms with E-state index in [0.717, 1.165) is 12.0 Å². The molecule has 0 spiro atoms. The molecule has 1 amide bonds. The predicted molar refractivity (Wildman–Crippen MR) is 77.1 cm³/mol. The Labute approximate surface area is 116 Å². The maximum absolute atomic E-state index is 11.6. The number of aryl methyl sites for hydroxylation is 1. The smallest absolute Gasteiger partial charge is 0.291 e. The Kier molecular flexibility index (Phi) is 7.08. The van der Waals surface area contributed by atoms with Crippen molar-refractivity contribution < 1.29 is 4.79 Å². The summed E-state index contributed by atoms with van der Waals surface area (Å²) in [6, 6.07) is 0. The normalized spacial score (nSPS) is 10.5. The number of unbranched alkanes of at least 4 members (excludes halogenated alkanes) is 5. The Hall–Kier alpha value is -1.45. The van der Waals surface area contributed by atoms with Crippen LogP contribution in [-0.2, 0) is 6.42 Å². The average molecular weight is 263 g/mol. The molecule has 1 rings (SSSR count). The third-order valence-corrected chi connectivity index (χ3v) is 3.12. The molecule has 0 saturated carbocycles. The molecule has 19 heavy (non-hydrogen) atoms. The van der Waals surface area contributed by atoms with Crippen molar-refractivity contribution >= 4 is 5.91 Å². The first-order valence-corrected chi connectivity index (χ1v) is 7.17. The van der Waals surface area contributed by atoms with Crippen LogP contribution in [0.5, 0.6) is 0 Å². The number of hydrogen-bond donors (Lipinski definition) is 0. The molecule has 4 nitrogen and oxygen atoms in total. The zero-order valence-electron chi connectivity index (χ0n) is 12.4. The predicted octanol–water partition coefficient (Wildman–Crippen LogP) is 3.08. The van der Waals surface area contributed by atoms with Crippen LogP contribution in [0.1, 0.15) is 61.6 Å². The second-order valence-corrected chi connectivity index (χ2v) is 5.13. The van der Waals surface area contributed by atoms with Gasteiger partial charge in [-0.1, -0.05) is 39.0 Å². The van der Waals surface area contributed by atoms with Crippen LogP contribution in [0, 0.1) is 0 Å². The van der Waals surface area contributed by atoms with Gasteiger partial charge in [0.2, 0.25) is 5.82 Å². The van der Waals surface area contributed by atoms with E-state index in [-0.39, 0.29) is 11.7 Å². The van der Waals surface area contributed by atoms with Crippen molar-refractivity contribution in [3.05, 3.63) is 23.8 Å². The highest BCUT2D eigenvalue weighted by Crippen LogP contribution is 2.09. The zero-order chi connectivity index (χ0) is 14.1. The highest BCUT2D eigenvalue weighted by Gasteiger charge is 2.10. The van der Waals surface area contributed by atoms with Crippen molar-refractivity contribution in [2.24, 2.45) is 0 Å². The molecule has 0 unspecified atom stereocenters. The lowest BCUT2D eigenvalue weighted by molar-refractivity contribution is 0.0815. The molecule has 0 aromatic carbocycles. The number of hydrogen-bond acceptors (Lipinski definition) is 3. The van der Waals surface area contributed by atoms with Gasteiger partial charge in [-0.3, -0.25) is 4.79 Å². The molecule has 0 atom stereocenters. The molecule has 106 valence electrons. The third-order valence-electron chi connectivity index (χ3n) is 3.12. The Balaban J connectivity index is 2.30. The van der Waals surface area contributed by atoms with Gasteiger partial charge < -0.3 is 4.90 Å².